The summed E-state index contributed by atoms with van der Waals surface area (Å²) in [6.07, 6.45) is 5.99. The number of carbonyl (C=O) groups is 2. The summed E-state index contributed by atoms with van der Waals surface area (Å²) in [5.74, 6) is -1.28. The number of hydrogen-bond acceptors (Lipinski definition) is 3. The molecule has 1 atom stereocenters. The zero-order valence-electron chi connectivity index (χ0n) is 12.5. The molecule has 0 aromatic heterocycles. The minimum atomic E-state index is -0.842. The molecule has 1 amide bonds. The quantitative estimate of drug-likeness (QED) is 0.672. The van der Waals surface area contributed by atoms with E-state index < -0.39 is 12.1 Å². The molecule has 1 saturated carbocycles. The van der Waals surface area contributed by atoms with Crippen LogP contribution < -0.4 is 5.32 Å². The van der Waals surface area contributed by atoms with Gasteiger partial charge in [0, 0.05) is 12.1 Å². The van der Waals surface area contributed by atoms with Gasteiger partial charge in [0.15, 0.2) is 6.10 Å². The van der Waals surface area contributed by atoms with E-state index >= 15 is 0 Å². The maximum absolute atomic E-state index is 13.0. The Balaban J connectivity index is 1.81. The van der Waals surface area contributed by atoms with Crippen LogP contribution >= 0.6 is 0 Å². The summed E-state index contributed by atoms with van der Waals surface area (Å²) in [5.41, 5.74) is 0.556. The predicted molar refractivity (Wildman–Crippen MR) is 81.4 cm³/mol. The molecule has 4 nitrogen and oxygen atoms in total. The van der Waals surface area contributed by atoms with Crippen LogP contribution in [-0.2, 0) is 14.3 Å². The van der Waals surface area contributed by atoms with Crippen LogP contribution in [0.1, 0.15) is 38.2 Å². The zero-order chi connectivity index (χ0) is 15.9. The standard InChI is InChI=1S/C17H20FNO3/c1-12(17(21)19-15-7-2-3-8-15)22-16(20)10-9-13-5-4-6-14(18)11-13/h4-6,9-12,15H,2-3,7-8H2,1H3,(H,19,21)/b10-9+/t12-/m1/s1. The van der Waals surface area contributed by atoms with Crippen molar-refractivity contribution in [2.45, 2.75) is 44.8 Å². The number of ether oxygens (including phenoxy) is 1. The number of amides is 1. The molecule has 0 radical (unpaired) electrons. The lowest BCUT2D eigenvalue weighted by Gasteiger charge is -2.16. The molecule has 1 fully saturated rings. The average Bonchev–Trinajstić information content (AvgIpc) is 2.98. The third kappa shape index (κ3) is 4.98. The molecule has 2 rings (SSSR count). The van der Waals surface area contributed by atoms with E-state index in [9.17, 15) is 14.0 Å². The van der Waals surface area contributed by atoms with E-state index in [4.69, 9.17) is 4.74 Å². The molecule has 1 aliphatic carbocycles. The zero-order valence-corrected chi connectivity index (χ0v) is 12.5. The third-order valence-corrected chi connectivity index (χ3v) is 3.62. The van der Waals surface area contributed by atoms with Crippen molar-refractivity contribution in [1.82, 2.24) is 5.32 Å². The largest absolute Gasteiger partial charge is 0.449 e. The summed E-state index contributed by atoms with van der Waals surface area (Å²) in [6, 6.07) is 6.04. The molecule has 22 heavy (non-hydrogen) atoms. The van der Waals surface area contributed by atoms with Gasteiger partial charge in [0.2, 0.25) is 0 Å². The first-order valence-electron chi connectivity index (χ1n) is 7.49. The first-order valence-corrected chi connectivity index (χ1v) is 7.49. The van der Waals surface area contributed by atoms with Gasteiger partial charge in [-0.15, -0.1) is 0 Å². The van der Waals surface area contributed by atoms with Gasteiger partial charge >= 0.3 is 5.97 Å². The van der Waals surface area contributed by atoms with Crippen molar-refractivity contribution in [2.24, 2.45) is 0 Å². The fourth-order valence-electron chi connectivity index (χ4n) is 2.43. The van der Waals surface area contributed by atoms with Crippen molar-refractivity contribution in [3.63, 3.8) is 0 Å². The Morgan fingerprint density at radius 1 is 1.36 bits per heavy atom. The number of esters is 1. The van der Waals surface area contributed by atoms with E-state index in [-0.39, 0.29) is 17.8 Å². The van der Waals surface area contributed by atoms with E-state index in [1.165, 1.54) is 31.2 Å². The van der Waals surface area contributed by atoms with Gasteiger partial charge < -0.3 is 10.1 Å². The van der Waals surface area contributed by atoms with Crippen LogP contribution in [0.4, 0.5) is 4.39 Å². The number of benzene rings is 1. The number of hydrogen-bond donors (Lipinski definition) is 1. The molecule has 5 heteroatoms. The second kappa shape index (κ2) is 7.73. The lowest BCUT2D eigenvalue weighted by atomic mass is 10.2. The number of rotatable bonds is 5. The van der Waals surface area contributed by atoms with E-state index in [2.05, 4.69) is 5.32 Å². The van der Waals surface area contributed by atoms with Crippen molar-refractivity contribution in [2.75, 3.05) is 0 Å². The van der Waals surface area contributed by atoms with Gasteiger partial charge in [0.05, 0.1) is 0 Å². The van der Waals surface area contributed by atoms with Crippen LogP contribution in [0.5, 0.6) is 0 Å². The fourth-order valence-corrected chi connectivity index (χ4v) is 2.43. The molecule has 1 aromatic carbocycles. The van der Waals surface area contributed by atoms with Gasteiger partial charge in [-0.3, -0.25) is 4.79 Å². The van der Waals surface area contributed by atoms with Crippen LogP contribution in [-0.4, -0.2) is 24.0 Å². The predicted octanol–water partition coefficient (Wildman–Crippen LogP) is 2.83. The van der Waals surface area contributed by atoms with Gasteiger partial charge in [0.25, 0.3) is 5.91 Å². The fraction of sp³-hybridized carbons (Fsp3) is 0.412. The first kappa shape index (κ1) is 16.2. The summed E-state index contributed by atoms with van der Waals surface area (Å²) in [5, 5.41) is 2.88. The van der Waals surface area contributed by atoms with Gasteiger partial charge in [0.1, 0.15) is 5.82 Å². The SMILES string of the molecule is C[C@@H](OC(=O)/C=C/c1cccc(F)c1)C(=O)NC1CCCC1. The highest BCUT2D eigenvalue weighted by Crippen LogP contribution is 2.17. The second-order valence-corrected chi connectivity index (χ2v) is 5.46. The highest BCUT2D eigenvalue weighted by Gasteiger charge is 2.22. The van der Waals surface area contributed by atoms with Crippen molar-refractivity contribution in [3.8, 4) is 0 Å². The summed E-state index contributed by atoms with van der Waals surface area (Å²) in [4.78, 5) is 23.6. The van der Waals surface area contributed by atoms with E-state index in [1.807, 2.05) is 0 Å². The topological polar surface area (TPSA) is 55.4 Å². The van der Waals surface area contributed by atoms with Crippen molar-refractivity contribution in [3.05, 3.63) is 41.7 Å². The molecular formula is C17H20FNO3. The van der Waals surface area contributed by atoms with Crippen LogP contribution in [0.2, 0.25) is 0 Å². The first-order chi connectivity index (χ1) is 10.5. The molecule has 1 N–H and O–H groups in total. The maximum atomic E-state index is 13.0. The molecule has 1 aliphatic rings. The lowest BCUT2D eigenvalue weighted by molar-refractivity contribution is -0.150. The van der Waals surface area contributed by atoms with Crippen molar-refractivity contribution < 1.29 is 18.7 Å². The van der Waals surface area contributed by atoms with Gasteiger partial charge in [-0.05, 0) is 43.5 Å². The summed E-state index contributed by atoms with van der Waals surface area (Å²) >= 11 is 0. The maximum Gasteiger partial charge on any atom is 0.331 e. The van der Waals surface area contributed by atoms with E-state index in [0.717, 1.165) is 25.7 Å². The Bertz CT molecular complexity index is 565. The van der Waals surface area contributed by atoms with Gasteiger partial charge in [-0.2, -0.15) is 0 Å². The molecule has 0 bridgehead atoms. The Morgan fingerprint density at radius 2 is 2.09 bits per heavy atom. The van der Waals surface area contributed by atoms with Crippen LogP contribution in [0, 0.1) is 5.82 Å². The van der Waals surface area contributed by atoms with Gasteiger partial charge in [-0.1, -0.05) is 25.0 Å². The number of halogens is 1. The highest BCUT2D eigenvalue weighted by molar-refractivity contribution is 5.90. The van der Waals surface area contributed by atoms with Crippen molar-refractivity contribution >= 4 is 18.0 Å². The smallest absolute Gasteiger partial charge is 0.331 e. The summed E-state index contributed by atoms with van der Waals surface area (Å²) in [7, 11) is 0. The minimum Gasteiger partial charge on any atom is -0.449 e. The Hall–Kier alpha value is -2.17. The number of nitrogens with one attached hydrogen (secondary N) is 1. The Labute approximate surface area is 129 Å². The summed E-state index contributed by atoms with van der Waals surface area (Å²) < 4.78 is 18.0. The molecule has 0 aliphatic heterocycles. The molecule has 0 spiro atoms. The lowest BCUT2D eigenvalue weighted by Crippen LogP contribution is -2.40. The molecule has 118 valence electrons. The monoisotopic (exact) mass is 305 g/mol. The molecule has 1 aromatic rings. The van der Waals surface area contributed by atoms with Crippen LogP contribution in [0.15, 0.2) is 30.3 Å². The third-order valence-electron chi connectivity index (χ3n) is 3.62. The molecule has 0 unspecified atom stereocenters. The van der Waals surface area contributed by atoms with E-state index in [1.54, 1.807) is 12.1 Å². The average molecular weight is 305 g/mol. The van der Waals surface area contributed by atoms with Crippen molar-refractivity contribution in [1.29, 1.82) is 0 Å². The van der Waals surface area contributed by atoms with Crippen LogP contribution in [0.3, 0.4) is 0 Å². The molecule has 0 saturated heterocycles. The Morgan fingerprint density at radius 3 is 2.77 bits per heavy atom. The van der Waals surface area contributed by atoms with Gasteiger partial charge in [-0.25, -0.2) is 9.18 Å². The highest BCUT2D eigenvalue weighted by atomic mass is 19.1. The minimum absolute atomic E-state index is 0.191. The normalized spacial score (nSPS) is 16.6. The summed E-state index contributed by atoms with van der Waals surface area (Å²) in [6.45, 7) is 1.54. The van der Waals surface area contributed by atoms with Crippen LogP contribution in [0.25, 0.3) is 6.08 Å². The van der Waals surface area contributed by atoms with E-state index in [0.29, 0.717) is 5.56 Å². The Kier molecular flexibility index (Phi) is 5.69. The molecule has 0 heterocycles. The molecular weight excluding hydrogens is 285 g/mol. The second-order valence-electron chi connectivity index (χ2n) is 5.46. The number of carbonyl (C=O) groups excluding carboxylic acids is 2.